The Morgan fingerprint density at radius 1 is 1.00 bits per heavy atom. The van der Waals surface area contributed by atoms with Crippen LogP contribution in [0.1, 0.15) is 11.1 Å². The predicted octanol–water partition coefficient (Wildman–Crippen LogP) is 4.99. The maximum Gasteiger partial charge on any atom is 0.282 e. The molecule has 0 aromatic heterocycles. The number of nitrogens with zero attached hydrogens (tertiary/aromatic N) is 1. The van der Waals surface area contributed by atoms with Gasteiger partial charge in [-0.2, -0.15) is 0 Å². The fourth-order valence-corrected chi connectivity index (χ4v) is 3.62. The van der Waals surface area contributed by atoms with Gasteiger partial charge in [-0.3, -0.25) is 15.0 Å². The smallest absolute Gasteiger partial charge is 0.282 e. The Kier molecular flexibility index (Phi) is 6.66. The summed E-state index contributed by atoms with van der Waals surface area (Å²) < 4.78 is 12.3. The van der Waals surface area contributed by atoms with Gasteiger partial charge in [-0.25, -0.2) is 5.01 Å². The molecule has 1 aliphatic heterocycles. The summed E-state index contributed by atoms with van der Waals surface area (Å²) in [5.41, 5.74) is 4.84. The maximum atomic E-state index is 12.8. The SMILES string of the molecule is COc1cc(C=C2C(=O)NN(c3ccc(I)cc3)C2=O)ccc1OCc1ccc(Cl)cc1. The average Bonchev–Trinajstić information content (AvgIpc) is 3.08. The summed E-state index contributed by atoms with van der Waals surface area (Å²) in [6, 6.07) is 19.9. The molecule has 0 aliphatic carbocycles. The number of carbonyl (C=O) groups is 2. The normalized spacial score (nSPS) is 14.6. The van der Waals surface area contributed by atoms with Crippen LogP contribution in [0.5, 0.6) is 11.5 Å². The molecule has 2 amide bonds. The largest absolute Gasteiger partial charge is 0.493 e. The molecule has 0 unspecified atom stereocenters. The molecule has 8 heteroatoms. The molecule has 4 rings (SSSR count). The molecular formula is C24H18ClIN2O4. The minimum Gasteiger partial charge on any atom is -0.493 e. The second-order valence-electron chi connectivity index (χ2n) is 6.94. The summed E-state index contributed by atoms with van der Waals surface area (Å²) in [5.74, 6) is 0.162. The minimum atomic E-state index is -0.462. The molecule has 0 bridgehead atoms. The van der Waals surface area contributed by atoms with Gasteiger partial charge < -0.3 is 9.47 Å². The molecule has 1 fully saturated rings. The minimum absolute atomic E-state index is 0.0421. The highest BCUT2D eigenvalue weighted by atomic mass is 127. The van der Waals surface area contributed by atoms with E-state index in [1.165, 1.54) is 18.2 Å². The van der Waals surface area contributed by atoms with Crippen LogP contribution in [-0.4, -0.2) is 18.9 Å². The van der Waals surface area contributed by atoms with Crippen LogP contribution in [0.15, 0.2) is 72.3 Å². The van der Waals surface area contributed by atoms with Crippen molar-refractivity contribution in [3.8, 4) is 11.5 Å². The number of rotatable bonds is 6. The van der Waals surface area contributed by atoms with Crippen molar-refractivity contribution in [2.24, 2.45) is 0 Å². The van der Waals surface area contributed by atoms with Crippen molar-refractivity contribution in [3.63, 3.8) is 0 Å². The number of anilines is 1. The van der Waals surface area contributed by atoms with Gasteiger partial charge in [0.05, 0.1) is 12.8 Å². The monoisotopic (exact) mass is 560 g/mol. The van der Waals surface area contributed by atoms with Gasteiger partial charge in [0.15, 0.2) is 11.5 Å². The number of ether oxygens (including phenoxy) is 2. The van der Waals surface area contributed by atoms with Crippen molar-refractivity contribution in [1.82, 2.24) is 5.43 Å². The van der Waals surface area contributed by atoms with Gasteiger partial charge in [0.2, 0.25) is 0 Å². The standard InChI is InChI=1S/C24H18ClIN2O4/c1-31-22-13-16(4-11-21(22)32-14-15-2-5-17(25)6-3-15)12-20-23(29)27-28(24(20)30)19-9-7-18(26)8-10-19/h2-13H,14H2,1H3,(H,27,29). The lowest BCUT2D eigenvalue weighted by molar-refractivity contribution is -0.117. The first-order chi connectivity index (χ1) is 15.4. The van der Waals surface area contributed by atoms with Gasteiger partial charge in [-0.05, 0) is 88.3 Å². The quantitative estimate of drug-likeness (QED) is 0.262. The number of methoxy groups -OCH3 is 1. The van der Waals surface area contributed by atoms with Crippen molar-refractivity contribution in [2.45, 2.75) is 6.61 Å². The molecule has 0 spiro atoms. The molecule has 0 saturated carbocycles. The number of nitrogens with one attached hydrogen (secondary N) is 1. The van der Waals surface area contributed by atoms with Crippen molar-refractivity contribution in [3.05, 3.63) is 92.0 Å². The zero-order valence-corrected chi connectivity index (χ0v) is 19.9. The van der Waals surface area contributed by atoms with E-state index in [1.807, 2.05) is 24.3 Å². The Labute approximate surface area is 203 Å². The Hall–Kier alpha value is -3.04. The van der Waals surface area contributed by atoms with Crippen LogP contribution < -0.4 is 19.9 Å². The zero-order valence-electron chi connectivity index (χ0n) is 17.0. The Morgan fingerprint density at radius 2 is 1.72 bits per heavy atom. The lowest BCUT2D eigenvalue weighted by Gasteiger charge is -2.14. The van der Waals surface area contributed by atoms with Crippen LogP contribution in [0.4, 0.5) is 5.69 Å². The van der Waals surface area contributed by atoms with E-state index in [4.69, 9.17) is 21.1 Å². The lowest BCUT2D eigenvalue weighted by atomic mass is 10.1. The number of hydrogen-bond acceptors (Lipinski definition) is 4. The summed E-state index contributed by atoms with van der Waals surface area (Å²) in [6.07, 6.45) is 1.54. The number of hydrazine groups is 1. The van der Waals surface area contributed by atoms with Crippen molar-refractivity contribution in [1.29, 1.82) is 0 Å². The average molecular weight is 561 g/mol. The molecule has 32 heavy (non-hydrogen) atoms. The molecule has 1 aliphatic rings. The summed E-state index contributed by atoms with van der Waals surface area (Å²) in [6.45, 7) is 0.347. The fraction of sp³-hybridized carbons (Fsp3) is 0.0833. The van der Waals surface area contributed by atoms with Crippen LogP contribution in [0.25, 0.3) is 6.08 Å². The van der Waals surface area contributed by atoms with Gasteiger partial charge in [0.25, 0.3) is 11.8 Å². The van der Waals surface area contributed by atoms with E-state index < -0.39 is 11.8 Å². The first kappa shape index (κ1) is 22.2. The van der Waals surface area contributed by atoms with Crippen molar-refractivity contribution in [2.75, 3.05) is 12.1 Å². The van der Waals surface area contributed by atoms with E-state index in [1.54, 1.807) is 42.5 Å². The Balaban J connectivity index is 1.53. The molecule has 162 valence electrons. The number of carbonyl (C=O) groups excluding carboxylic acids is 2. The number of halogens is 2. The highest BCUT2D eigenvalue weighted by Crippen LogP contribution is 2.30. The van der Waals surface area contributed by atoms with E-state index >= 15 is 0 Å². The highest BCUT2D eigenvalue weighted by Gasteiger charge is 2.34. The van der Waals surface area contributed by atoms with Crippen LogP contribution >= 0.6 is 34.2 Å². The van der Waals surface area contributed by atoms with Gasteiger partial charge in [-0.15, -0.1) is 0 Å². The van der Waals surface area contributed by atoms with E-state index in [2.05, 4.69) is 28.0 Å². The third-order valence-corrected chi connectivity index (χ3v) is 5.75. The van der Waals surface area contributed by atoms with E-state index in [0.29, 0.717) is 34.4 Å². The van der Waals surface area contributed by atoms with Gasteiger partial charge in [0, 0.05) is 8.59 Å². The molecule has 1 saturated heterocycles. The molecule has 1 heterocycles. The Morgan fingerprint density at radius 3 is 2.41 bits per heavy atom. The molecule has 1 N–H and O–H groups in total. The van der Waals surface area contributed by atoms with Gasteiger partial charge in [-0.1, -0.05) is 29.8 Å². The maximum absolute atomic E-state index is 12.8. The molecule has 0 radical (unpaired) electrons. The zero-order chi connectivity index (χ0) is 22.7. The number of hydrogen-bond donors (Lipinski definition) is 1. The highest BCUT2D eigenvalue weighted by molar-refractivity contribution is 14.1. The molecule has 3 aromatic carbocycles. The van der Waals surface area contributed by atoms with E-state index in [0.717, 1.165) is 9.13 Å². The van der Waals surface area contributed by atoms with Crippen LogP contribution in [-0.2, 0) is 16.2 Å². The molecule has 6 nitrogen and oxygen atoms in total. The second kappa shape index (κ2) is 9.62. The van der Waals surface area contributed by atoms with E-state index in [9.17, 15) is 9.59 Å². The van der Waals surface area contributed by atoms with Gasteiger partial charge >= 0.3 is 0 Å². The van der Waals surface area contributed by atoms with E-state index in [-0.39, 0.29) is 5.57 Å². The first-order valence-corrected chi connectivity index (χ1v) is 11.1. The fourth-order valence-electron chi connectivity index (χ4n) is 3.13. The lowest BCUT2D eigenvalue weighted by Crippen LogP contribution is -2.35. The predicted molar refractivity (Wildman–Crippen MR) is 132 cm³/mol. The van der Waals surface area contributed by atoms with Crippen LogP contribution in [0.2, 0.25) is 5.02 Å². The van der Waals surface area contributed by atoms with Crippen molar-refractivity contribution < 1.29 is 19.1 Å². The molecule has 0 atom stereocenters. The van der Waals surface area contributed by atoms with Crippen LogP contribution in [0, 0.1) is 3.57 Å². The summed E-state index contributed by atoms with van der Waals surface area (Å²) in [7, 11) is 1.54. The molecule has 3 aromatic rings. The van der Waals surface area contributed by atoms with Crippen molar-refractivity contribution >= 4 is 57.8 Å². The summed E-state index contributed by atoms with van der Waals surface area (Å²) in [4.78, 5) is 25.3. The second-order valence-corrected chi connectivity index (χ2v) is 8.62. The summed E-state index contributed by atoms with van der Waals surface area (Å²) in [5, 5.41) is 1.90. The Bertz CT molecular complexity index is 1190. The van der Waals surface area contributed by atoms with Gasteiger partial charge in [0.1, 0.15) is 12.2 Å². The third-order valence-electron chi connectivity index (χ3n) is 4.78. The number of amides is 2. The number of benzene rings is 3. The topological polar surface area (TPSA) is 67.9 Å². The third kappa shape index (κ3) is 4.89. The molecular weight excluding hydrogens is 543 g/mol. The van der Waals surface area contributed by atoms with Crippen LogP contribution in [0.3, 0.4) is 0 Å². The first-order valence-electron chi connectivity index (χ1n) is 9.62. The summed E-state index contributed by atoms with van der Waals surface area (Å²) >= 11 is 8.09.